The second-order valence-corrected chi connectivity index (χ2v) is 5.33. The van der Waals surface area contributed by atoms with Crippen LogP contribution < -0.4 is 0 Å². The lowest BCUT2D eigenvalue weighted by Crippen LogP contribution is -2.15. The molecule has 0 bridgehead atoms. The lowest BCUT2D eigenvalue weighted by atomic mass is 10.3. The minimum absolute atomic E-state index is 0.0864. The van der Waals surface area contributed by atoms with Gasteiger partial charge >= 0.3 is 5.97 Å². The van der Waals surface area contributed by atoms with Crippen molar-refractivity contribution in [3.63, 3.8) is 0 Å². The molecule has 2 atom stereocenters. The van der Waals surface area contributed by atoms with Gasteiger partial charge in [0.15, 0.2) is 0 Å². The van der Waals surface area contributed by atoms with Gasteiger partial charge < -0.3 is 5.11 Å². The molecule has 17 heavy (non-hydrogen) atoms. The third-order valence-electron chi connectivity index (χ3n) is 2.11. The Balaban J connectivity index is 2.82. The molecule has 1 aromatic carbocycles. The summed E-state index contributed by atoms with van der Waals surface area (Å²) in [5, 5.41) is 18.5. The van der Waals surface area contributed by atoms with Crippen molar-refractivity contribution < 1.29 is 19.0 Å². The number of nitro benzene ring substituents is 1. The molecule has 1 N–H and O–H groups in total. The van der Waals surface area contributed by atoms with Crippen LogP contribution in [0.4, 0.5) is 5.69 Å². The molecule has 1 rings (SSSR count). The Bertz CT molecular complexity index is 456. The van der Waals surface area contributed by atoms with E-state index >= 15 is 0 Å². The van der Waals surface area contributed by atoms with Crippen molar-refractivity contribution in [3.05, 3.63) is 34.4 Å². The number of hydrogen-bond acceptors (Lipinski definition) is 4. The fourth-order valence-corrected chi connectivity index (χ4v) is 2.42. The van der Waals surface area contributed by atoms with Crippen LogP contribution in [-0.4, -0.2) is 25.5 Å². The highest BCUT2D eigenvalue weighted by Gasteiger charge is 2.17. The van der Waals surface area contributed by atoms with E-state index in [0.717, 1.165) is 0 Å². The summed E-state index contributed by atoms with van der Waals surface area (Å²) in [6, 6.07) is 5.26. The molecular formula is C10H11NO5S. The maximum Gasteiger partial charge on any atom is 0.304 e. The standard InChI is InChI=1S/C10H11NO5S/c1-7(6-10(12)13)17(16)9-4-2-8(3-5-9)11(14)15/h2-5,7H,6H2,1H3,(H,12,13). The zero-order valence-electron chi connectivity index (χ0n) is 9.03. The summed E-state index contributed by atoms with van der Waals surface area (Å²) in [4.78, 5) is 20.7. The number of nitro groups is 1. The molecule has 6 nitrogen and oxygen atoms in total. The molecule has 0 aliphatic heterocycles. The van der Waals surface area contributed by atoms with Gasteiger partial charge in [0, 0.05) is 22.3 Å². The SMILES string of the molecule is CC(CC(=O)O)S(=O)c1ccc([N+](=O)[O-])cc1. The fraction of sp³-hybridized carbons (Fsp3) is 0.300. The molecule has 0 spiro atoms. The van der Waals surface area contributed by atoms with Crippen molar-refractivity contribution in [2.24, 2.45) is 0 Å². The number of carboxylic acid groups (broad SMARTS) is 1. The molecule has 0 aliphatic carbocycles. The highest BCUT2D eigenvalue weighted by atomic mass is 32.2. The molecule has 0 saturated carbocycles. The molecule has 0 heterocycles. The molecule has 0 fully saturated rings. The maximum atomic E-state index is 11.8. The molecular weight excluding hydrogens is 246 g/mol. The second kappa shape index (κ2) is 5.53. The normalized spacial score (nSPS) is 13.9. The van der Waals surface area contributed by atoms with Gasteiger partial charge in [0.25, 0.3) is 5.69 Å². The van der Waals surface area contributed by atoms with Gasteiger partial charge in [0.05, 0.1) is 22.1 Å². The van der Waals surface area contributed by atoms with Crippen molar-refractivity contribution in [1.29, 1.82) is 0 Å². The van der Waals surface area contributed by atoms with E-state index < -0.39 is 26.9 Å². The zero-order valence-corrected chi connectivity index (χ0v) is 9.85. The number of aliphatic carboxylic acids is 1. The number of benzene rings is 1. The van der Waals surface area contributed by atoms with Crippen LogP contribution in [0.2, 0.25) is 0 Å². The first-order valence-electron chi connectivity index (χ1n) is 4.78. The van der Waals surface area contributed by atoms with Crippen molar-refractivity contribution >= 4 is 22.5 Å². The van der Waals surface area contributed by atoms with E-state index in [1.807, 2.05) is 0 Å². The lowest BCUT2D eigenvalue weighted by molar-refractivity contribution is -0.384. The Hall–Kier alpha value is -1.76. The predicted octanol–water partition coefficient (Wildman–Crippen LogP) is 1.57. The summed E-state index contributed by atoms with van der Waals surface area (Å²) in [5.41, 5.74) is -0.0864. The van der Waals surface area contributed by atoms with Gasteiger partial charge in [-0.2, -0.15) is 0 Å². The smallest absolute Gasteiger partial charge is 0.304 e. The van der Waals surface area contributed by atoms with Gasteiger partial charge in [0.1, 0.15) is 0 Å². The molecule has 1 aromatic rings. The third kappa shape index (κ3) is 3.63. The summed E-state index contributed by atoms with van der Waals surface area (Å²) in [6.07, 6.45) is -0.205. The van der Waals surface area contributed by atoms with E-state index in [1.165, 1.54) is 24.3 Å². The average Bonchev–Trinajstić information content (AvgIpc) is 2.27. The number of carbonyl (C=O) groups is 1. The van der Waals surface area contributed by atoms with Gasteiger partial charge in [-0.3, -0.25) is 19.1 Å². The molecule has 2 unspecified atom stereocenters. The zero-order chi connectivity index (χ0) is 13.0. The topological polar surface area (TPSA) is 97.5 Å². The highest BCUT2D eigenvalue weighted by Crippen LogP contribution is 2.18. The minimum atomic E-state index is -1.47. The number of carboxylic acids is 1. The summed E-state index contributed by atoms with van der Waals surface area (Å²) < 4.78 is 11.8. The highest BCUT2D eigenvalue weighted by molar-refractivity contribution is 7.85. The summed E-state index contributed by atoms with van der Waals surface area (Å²) in [5.74, 6) is -1.02. The molecule has 7 heteroatoms. The van der Waals surface area contributed by atoms with Gasteiger partial charge in [-0.1, -0.05) is 0 Å². The van der Waals surface area contributed by atoms with Crippen molar-refractivity contribution in [2.75, 3.05) is 0 Å². The van der Waals surface area contributed by atoms with E-state index in [2.05, 4.69) is 0 Å². The van der Waals surface area contributed by atoms with Crippen LogP contribution in [-0.2, 0) is 15.6 Å². The third-order valence-corrected chi connectivity index (χ3v) is 3.74. The van der Waals surface area contributed by atoms with E-state index in [0.29, 0.717) is 4.90 Å². The van der Waals surface area contributed by atoms with E-state index in [-0.39, 0.29) is 12.1 Å². The summed E-state index contributed by atoms with van der Waals surface area (Å²) in [7, 11) is -1.47. The Morgan fingerprint density at radius 3 is 2.41 bits per heavy atom. The van der Waals surface area contributed by atoms with Gasteiger partial charge in [-0.25, -0.2) is 0 Å². The van der Waals surface area contributed by atoms with E-state index in [1.54, 1.807) is 6.92 Å². The monoisotopic (exact) mass is 257 g/mol. The van der Waals surface area contributed by atoms with E-state index in [9.17, 15) is 19.1 Å². The van der Waals surface area contributed by atoms with Crippen LogP contribution in [0.1, 0.15) is 13.3 Å². The number of nitrogens with zero attached hydrogens (tertiary/aromatic N) is 1. The molecule has 0 aliphatic rings. The first-order valence-corrected chi connectivity index (χ1v) is 6.00. The molecule has 0 radical (unpaired) electrons. The first-order chi connectivity index (χ1) is 7.91. The predicted molar refractivity (Wildman–Crippen MR) is 61.2 cm³/mol. The summed E-state index contributed by atoms with van der Waals surface area (Å²) >= 11 is 0. The Labute approximate surface area is 99.9 Å². The van der Waals surface area contributed by atoms with Gasteiger partial charge in [-0.05, 0) is 19.1 Å². The van der Waals surface area contributed by atoms with Crippen molar-refractivity contribution in [2.45, 2.75) is 23.5 Å². The van der Waals surface area contributed by atoms with Crippen LogP contribution >= 0.6 is 0 Å². The minimum Gasteiger partial charge on any atom is -0.481 e. The summed E-state index contributed by atoms with van der Waals surface area (Å²) in [6.45, 7) is 1.56. The Kier molecular flexibility index (Phi) is 4.33. The quantitative estimate of drug-likeness (QED) is 0.637. The molecule has 0 aromatic heterocycles. The van der Waals surface area contributed by atoms with Crippen LogP contribution in [0.25, 0.3) is 0 Å². The average molecular weight is 257 g/mol. The fourth-order valence-electron chi connectivity index (χ4n) is 1.26. The van der Waals surface area contributed by atoms with Crippen LogP contribution in [0.3, 0.4) is 0 Å². The number of hydrogen-bond donors (Lipinski definition) is 1. The molecule has 0 amide bonds. The van der Waals surface area contributed by atoms with Gasteiger partial charge in [-0.15, -0.1) is 0 Å². The lowest BCUT2D eigenvalue weighted by Gasteiger charge is -2.08. The maximum absolute atomic E-state index is 11.8. The molecule has 92 valence electrons. The van der Waals surface area contributed by atoms with Gasteiger partial charge in [0.2, 0.25) is 0 Å². The molecule has 0 saturated heterocycles. The van der Waals surface area contributed by atoms with Crippen molar-refractivity contribution in [1.82, 2.24) is 0 Å². The number of non-ortho nitro benzene ring substituents is 1. The van der Waals surface area contributed by atoms with Crippen LogP contribution in [0, 0.1) is 10.1 Å². The van der Waals surface area contributed by atoms with Crippen LogP contribution in [0.15, 0.2) is 29.2 Å². The Morgan fingerprint density at radius 2 is 2.00 bits per heavy atom. The van der Waals surface area contributed by atoms with Crippen LogP contribution in [0.5, 0.6) is 0 Å². The van der Waals surface area contributed by atoms with E-state index in [4.69, 9.17) is 5.11 Å². The number of rotatable bonds is 5. The largest absolute Gasteiger partial charge is 0.481 e. The first kappa shape index (κ1) is 13.3. The Morgan fingerprint density at radius 1 is 1.47 bits per heavy atom. The second-order valence-electron chi connectivity index (χ2n) is 3.46. The van der Waals surface area contributed by atoms with Crippen molar-refractivity contribution in [3.8, 4) is 0 Å².